The summed E-state index contributed by atoms with van der Waals surface area (Å²) < 4.78 is 10.2. The number of carbonyl (C=O) groups excluding carboxylic acids is 1. The van der Waals surface area contributed by atoms with E-state index < -0.39 is 5.97 Å². The van der Waals surface area contributed by atoms with Crippen LogP contribution in [0.15, 0.2) is 16.5 Å². The van der Waals surface area contributed by atoms with Gasteiger partial charge in [0.15, 0.2) is 0 Å². The zero-order valence-electron chi connectivity index (χ0n) is 12.3. The van der Waals surface area contributed by atoms with Crippen LogP contribution >= 0.6 is 0 Å². The van der Waals surface area contributed by atoms with Crippen LogP contribution in [-0.2, 0) is 11.3 Å². The van der Waals surface area contributed by atoms with E-state index in [0.717, 1.165) is 18.8 Å². The molecule has 112 valence electrons. The Morgan fingerprint density at radius 3 is 2.95 bits per heavy atom. The Morgan fingerprint density at radius 2 is 2.30 bits per heavy atom. The van der Waals surface area contributed by atoms with Crippen molar-refractivity contribution in [3.63, 3.8) is 0 Å². The van der Waals surface area contributed by atoms with Crippen molar-refractivity contribution in [2.24, 2.45) is 11.7 Å². The molecule has 0 saturated heterocycles. The fraction of sp³-hybridized carbons (Fsp3) is 0.667. The van der Waals surface area contributed by atoms with E-state index in [2.05, 4.69) is 16.6 Å². The molecule has 0 spiro atoms. The number of esters is 1. The van der Waals surface area contributed by atoms with E-state index >= 15 is 0 Å². The largest absolute Gasteiger partial charge is 0.463 e. The van der Waals surface area contributed by atoms with Crippen molar-refractivity contribution < 1.29 is 13.9 Å². The fourth-order valence-corrected chi connectivity index (χ4v) is 3.11. The van der Waals surface area contributed by atoms with Crippen LogP contribution < -0.4 is 5.73 Å². The Bertz CT molecular complexity index is 444. The van der Waals surface area contributed by atoms with Crippen molar-refractivity contribution in [2.45, 2.75) is 38.8 Å². The van der Waals surface area contributed by atoms with Gasteiger partial charge in [-0.1, -0.05) is 13.3 Å². The molecule has 2 unspecified atom stereocenters. The van der Waals surface area contributed by atoms with Crippen LogP contribution in [0.1, 0.15) is 42.5 Å². The van der Waals surface area contributed by atoms with Crippen LogP contribution in [0, 0.1) is 5.92 Å². The van der Waals surface area contributed by atoms with E-state index in [4.69, 9.17) is 10.2 Å². The van der Waals surface area contributed by atoms with E-state index in [1.165, 1.54) is 26.4 Å². The Balaban J connectivity index is 2.02. The van der Waals surface area contributed by atoms with E-state index in [9.17, 15) is 4.79 Å². The highest BCUT2D eigenvalue weighted by atomic mass is 16.5. The number of carbonyl (C=O) groups is 1. The van der Waals surface area contributed by atoms with Gasteiger partial charge in [0.05, 0.1) is 13.7 Å². The predicted octanol–water partition coefficient (Wildman–Crippen LogP) is 2.02. The number of ether oxygens (including phenoxy) is 1. The molecule has 1 aromatic heterocycles. The molecule has 0 aliphatic heterocycles. The topological polar surface area (TPSA) is 68.7 Å². The zero-order valence-corrected chi connectivity index (χ0v) is 12.3. The molecule has 2 N–H and O–H groups in total. The summed E-state index contributed by atoms with van der Waals surface area (Å²) in [5, 5.41) is 0. The summed E-state index contributed by atoms with van der Waals surface area (Å²) in [4.78, 5) is 13.8. The fourth-order valence-electron chi connectivity index (χ4n) is 3.11. The van der Waals surface area contributed by atoms with E-state index in [1.807, 2.05) is 6.07 Å². The number of furan rings is 1. The molecule has 0 amide bonds. The molecule has 1 aliphatic carbocycles. The normalized spacial score (nSPS) is 22.4. The molecule has 1 aromatic rings. The zero-order chi connectivity index (χ0) is 14.5. The van der Waals surface area contributed by atoms with Crippen molar-refractivity contribution in [1.29, 1.82) is 0 Å². The van der Waals surface area contributed by atoms with Gasteiger partial charge >= 0.3 is 5.97 Å². The lowest BCUT2D eigenvalue weighted by Gasteiger charge is -2.31. The first-order valence-electron chi connectivity index (χ1n) is 7.30. The van der Waals surface area contributed by atoms with Gasteiger partial charge in [-0.15, -0.1) is 0 Å². The second kappa shape index (κ2) is 6.90. The summed E-state index contributed by atoms with van der Waals surface area (Å²) in [7, 11) is 1.35. The molecule has 1 heterocycles. The highest BCUT2D eigenvalue weighted by Crippen LogP contribution is 2.30. The van der Waals surface area contributed by atoms with Gasteiger partial charge in [0, 0.05) is 6.04 Å². The molecular weight excluding hydrogens is 256 g/mol. The summed E-state index contributed by atoms with van der Waals surface area (Å²) in [6.07, 6.45) is 3.65. The van der Waals surface area contributed by atoms with Crippen molar-refractivity contribution in [2.75, 3.05) is 20.2 Å². The first kappa shape index (κ1) is 15.1. The maximum atomic E-state index is 11.4. The minimum atomic E-state index is -0.431. The highest BCUT2D eigenvalue weighted by molar-refractivity contribution is 5.86. The van der Waals surface area contributed by atoms with E-state index in [-0.39, 0.29) is 5.76 Å². The first-order valence-corrected chi connectivity index (χ1v) is 7.30. The maximum absolute atomic E-state index is 11.4. The first-order chi connectivity index (χ1) is 9.69. The van der Waals surface area contributed by atoms with Crippen LogP contribution in [0.3, 0.4) is 0 Å². The molecular formula is C15H24N2O3. The van der Waals surface area contributed by atoms with Gasteiger partial charge in [-0.25, -0.2) is 4.79 Å². The molecule has 2 rings (SSSR count). The average molecular weight is 280 g/mol. The molecule has 5 heteroatoms. The number of rotatable bonds is 6. The lowest BCUT2D eigenvalue weighted by Crippen LogP contribution is -2.39. The SMILES string of the molecule is CCN(Cc1ccc(C(=O)OC)o1)C1CCCC1CN. The van der Waals surface area contributed by atoms with E-state index in [1.54, 1.807) is 6.07 Å². The summed E-state index contributed by atoms with van der Waals surface area (Å²) in [6, 6.07) is 4.04. The molecule has 0 aromatic carbocycles. The maximum Gasteiger partial charge on any atom is 0.373 e. The Hall–Kier alpha value is -1.33. The molecule has 0 radical (unpaired) electrons. The second-order valence-corrected chi connectivity index (χ2v) is 5.31. The third-order valence-electron chi connectivity index (χ3n) is 4.20. The van der Waals surface area contributed by atoms with Gasteiger partial charge in [0.25, 0.3) is 0 Å². The van der Waals surface area contributed by atoms with Crippen molar-refractivity contribution >= 4 is 5.97 Å². The minimum absolute atomic E-state index is 0.264. The summed E-state index contributed by atoms with van der Waals surface area (Å²) in [6.45, 7) is 4.56. The monoisotopic (exact) mass is 280 g/mol. The number of nitrogens with two attached hydrogens (primary N) is 1. The minimum Gasteiger partial charge on any atom is -0.463 e. The van der Waals surface area contributed by atoms with Crippen molar-refractivity contribution in [1.82, 2.24) is 4.90 Å². The van der Waals surface area contributed by atoms with Gasteiger partial charge in [-0.2, -0.15) is 0 Å². The molecule has 20 heavy (non-hydrogen) atoms. The number of hydrogen-bond donors (Lipinski definition) is 1. The summed E-state index contributed by atoms with van der Waals surface area (Å²) >= 11 is 0. The van der Waals surface area contributed by atoms with Crippen molar-refractivity contribution in [3.8, 4) is 0 Å². The van der Waals surface area contributed by atoms with Crippen LogP contribution in [-0.4, -0.2) is 37.1 Å². The standard InChI is InChI=1S/C15H24N2O3/c1-3-17(13-6-4-5-11(13)9-16)10-12-7-8-14(20-12)15(18)19-2/h7-8,11,13H,3-6,9-10,16H2,1-2H3. The molecule has 1 saturated carbocycles. The van der Waals surface area contributed by atoms with Crippen LogP contribution in [0.2, 0.25) is 0 Å². The van der Waals surface area contributed by atoms with Gasteiger partial charge in [-0.05, 0) is 44.0 Å². The Labute approximate surface area is 120 Å². The van der Waals surface area contributed by atoms with Crippen LogP contribution in [0.4, 0.5) is 0 Å². The highest BCUT2D eigenvalue weighted by Gasteiger charge is 2.30. The molecule has 1 aliphatic rings. The number of hydrogen-bond acceptors (Lipinski definition) is 5. The van der Waals surface area contributed by atoms with Crippen LogP contribution in [0.5, 0.6) is 0 Å². The quantitative estimate of drug-likeness (QED) is 0.807. The molecule has 0 bridgehead atoms. The van der Waals surface area contributed by atoms with Gasteiger partial charge < -0.3 is 14.9 Å². The lowest BCUT2D eigenvalue weighted by molar-refractivity contribution is 0.0559. The summed E-state index contributed by atoms with van der Waals surface area (Å²) in [5.41, 5.74) is 5.86. The van der Waals surface area contributed by atoms with Gasteiger partial charge in [0.1, 0.15) is 5.76 Å². The Morgan fingerprint density at radius 1 is 1.50 bits per heavy atom. The Kier molecular flexibility index (Phi) is 5.20. The van der Waals surface area contributed by atoms with E-state index in [0.29, 0.717) is 18.5 Å². The average Bonchev–Trinajstić information content (AvgIpc) is 3.12. The number of methoxy groups -OCH3 is 1. The third-order valence-corrected chi connectivity index (χ3v) is 4.20. The molecule has 1 fully saturated rings. The second-order valence-electron chi connectivity index (χ2n) is 5.31. The number of nitrogens with zero attached hydrogens (tertiary/aromatic N) is 1. The molecule has 2 atom stereocenters. The smallest absolute Gasteiger partial charge is 0.373 e. The third kappa shape index (κ3) is 3.22. The van der Waals surface area contributed by atoms with Gasteiger partial charge in [0.2, 0.25) is 5.76 Å². The van der Waals surface area contributed by atoms with Crippen LogP contribution in [0.25, 0.3) is 0 Å². The molecule has 5 nitrogen and oxygen atoms in total. The van der Waals surface area contributed by atoms with Gasteiger partial charge in [-0.3, -0.25) is 4.90 Å². The lowest BCUT2D eigenvalue weighted by atomic mass is 10.0. The summed E-state index contributed by atoms with van der Waals surface area (Å²) in [5.74, 6) is 1.21. The predicted molar refractivity (Wildman–Crippen MR) is 76.3 cm³/mol. The van der Waals surface area contributed by atoms with Crippen molar-refractivity contribution in [3.05, 3.63) is 23.7 Å².